The van der Waals surface area contributed by atoms with E-state index in [2.05, 4.69) is 9.71 Å². The molecule has 42 heavy (non-hydrogen) atoms. The van der Waals surface area contributed by atoms with E-state index in [1.165, 1.54) is 0 Å². The lowest BCUT2D eigenvalue weighted by Crippen LogP contribution is -2.30. The Hall–Kier alpha value is -4.74. The van der Waals surface area contributed by atoms with Gasteiger partial charge in [-0.3, -0.25) is 4.79 Å². The Morgan fingerprint density at radius 3 is 2.55 bits per heavy atom. The highest BCUT2D eigenvalue weighted by molar-refractivity contribution is 7.92. The number of para-hydroxylation sites is 1. The van der Waals surface area contributed by atoms with Crippen LogP contribution < -0.4 is 15.2 Å². The third-order valence-electron chi connectivity index (χ3n) is 6.93. The molecule has 0 aliphatic heterocycles. The number of benzene rings is 3. The molecule has 0 saturated heterocycles. The number of furan rings is 1. The number of sulfonamides is 1. The Bertz CT molecular complexity index is 2070. The number of pyridine rings is 1. The summed E-state index contributed by atoms with van der Waals surface area (Å²) in [6.45, 7) is 4.13. The predicted molar refractivity (Wildman–Crippen MR) is 163 cm³/mol. The van der Waals surface area contributed by atoms with Gasteiger partial charge in [0.1, 0.15) is 17.0 Å². The molecular weight excluding hydrogens is 572 g/mol. The summed E-state index contributed by atoms with van der Waals surface area (Å²) in [4.78, 5) is 22.5. The van der Waals surface area contributed by atoms with Crippen molar-refractivity contribution in [1.29, 1.82) is 0 Å². The van der Waals surface area contributed by atoms with Gasteiger partial charge in [-0.25, -0.2) is 23.1 Å². The van der Waals surface area contributed by atoms with Crippen molar-refractivity contribution in [2.45, 2.75) is 24.5 Å². The Morgan fingerprint density at radius 2 is 1.81 bits per heavy atom. The maximum Gasteiger partial charge on any atom is 0.275 e. The van der Waals surface area contributed by atoms with E-state index in [9.17, 15) is 13.2 Å². The number of nitrogens with zero attached hydrogens (tertiary/aromatic N) is 2. The van der Waals surface area contributed by atoms with E-state index in [0.29, 0.717) is 46.7 Å². The number of nitrogens with two attached hydrogens (primary N) is 1. The quantitative estimate of drug-likeness (QED) is 0.216. The number of aromatic nitrogens is 2. The van der Waals surface area contributed by atoms with Gasteiger partial charge in [0.15, 0.2) is 15.1 Å². The first kappa shape index (κ1) is 27.4. The largest absolute Gasteiger partial charge is 0.493 e. The van der Waals surface area contributed by atoms with Crippen molar-refractivity contribution in [3.63, 3.8) is 0 Å². The van der Waals surface area contributed by atoms with E-state index in [0.717, 1.165) is 39.6 Å². The molecule has 11 heteroatoms. The Kier molecular flexibility index (Phi) is 7.13. The van der Waals surface area contributed by atoms with E-state index >= 15 is 0 Å². The summed E-state index contributed by atoms with van der Waals surface area (Å²) in [5, 5.41) is 1.39. The van der Waals surface area contributed by atoms with E-state index in [1.54, 1.807) is 12.1 Å². The second-order valence-electron chi connectivity index (χ2n) is 9.75. The Morgan fingerprint density at radius 1 is 1.05 bits per heavy atom. The molecule has 0 atom stereocenters. The summed E-state index contributed by atoms with van der Waals surface area (Å²) < 4.78 is 40.5. The number of hydrogen-bond acceptors (Lipinski definition) is 9. The lowest BCUT2D eigenvalue weighted by molar-refractivity contribution is 0.0982. The number of carbonyl (C=O) groups is 1. The third kappa shape index (κ3) is 5.19. The van der Waals surface area contributed by atoms with Gasteiger partial charge in [-0.1, -0.05) is 65.9 Å². The molecule has 0 bridgehead atoms. The normalized spacial score (nSPS) is 11.7. The summed E-state index contributed by atoms with van der Waals surface area (Å²) >= 11 is 0.766. The second-order valence-corrected chi connectivity index (χ2v) is 12.7. The smallest absolute Gasteiger partial charge is 0.275 e. The van der Waals surface area contributed by atoms with Crippen LogP contribution in [-0.4, -0.2) is 30.9 Å². The molecule has 0 fully saturated rings. The molecule has 6 rings (SSSR count). The van der Waals surface area contributed by atoms with Crippen LogP contribution in [0.3, 0.4) is 0 Å². The average molecular weight is 599 g/mol. The van der Waals surface area contributed by atoms with Crippen LogP contribution >= 0.6 is 11.3 Å². The summed E-state index contributed by atoms with van der Waals surface area (Å²) in [5.74, 6) is 0.0550. The van der Waals surface area contributed by atoms with E-state index in [-0.39, 0.29) is 14.9 Å². The van der Waals surface area contributed by atoms with E-state index < -0.39 is 15.9 Å². The number of thiazole rings is 1. The molecule has 3 aromatic heterocycles. The monoisotopic (exact) mass is 598 g/mol. The number of rotatable bonds is 8. The van der Waals surface area contributed by atoms with Gasteiger partial charge in [0.25, 0.3) is 15.9 Å². The maximum absolute atomic E-state index is 13.8. The molecule has 0 radical (unpaired) electrons. The lowest BCUT2D eigenvalue weighted by Gasteiger charge is -2.15. The van der Waals surface area contributed by atoms with Gasteiger partial charge in [0.2, 0.25) is 0 Å². The Balaban J connectivity index is 1.48. The minimum absolute atomic E-state index is 0.0737. The molecule has 0 saturated carbocycles. The molecule has 6 aromatic rings. The standard InChI is InChI=1S/C31H26N4O5S2/c1-18-12-13-25(39-15-14-20-8-4-3-5-9-20)27-22(30(36)35-42(37,38)26-17-33-31(32)41-26)16-23(34-28(18)27)29-19(2)21-10-6-7-11-24(21)40-29/h3-13,16-17H,14-15H2,1-2H3,(H2,32,33)(H,35,36). The minimum Gasteiger partial charge on any atom is -0.493 e. The topological polar surface area (TPSA) is 137 Å². The summed E-state index contributed by atoms with van der Waals surface area (Å²) in [6.07, 6.45) is 1.76. The number of hydrogen-bond donors (Lipinski definition) is 2. The van der Waals surface area contributed by atoms with Crippen molar-refractivity contribution >= 4 is 54.3 Å². The SMILES string of the molecule is Cc1c(-c2cc(C(=O)NS(=O)(=O)c3cnc(N)s3)c3c(OCCc4ccccc4)ccc(C)c3n2)oc2ccccc12. The number of carbonyl (C=O) groups excluding carboxylic acids is 1. The number of ether oxygens (including phenoxy) is 1. The van der Waals surface area contributed by atoms with Gasteiger partial charge in [-0.2, -0.15) is 0 Å². The van der Waals surface area contributed by atoms with Crippen LogP contribution in [0.1, 0.15) is 27.0 Å². The van der Waals surface area contributed by atoms with E-state index in [4.69, 9.17) is 19.9 Å². The molecule has 3 aromatic carbocycles. The molecule has 3 heterocycles. The molecule has 212 valence electrons. The first-order valence-electron chi connectivity index (χ1n) is 13.1. The van der Waals surface area contributed by atoms with Gasteiger partial charge < -0.3 is 14.9 Å². The van der Waals surface area contributed by atoms with Crippen molar-refractivity contribution in [2.24, 2.45) is 0 Å². The summed E-state index contributed by atoms with van der Waals surface area (Å²) in [6, 6.07) is 22.7. The van der Waals surface area contributed by atoms with Gasteiger partial charge in [-0.05, 0) is 43.2 Å². The van der Waals surface area contributed by atoms with Crippen LogP contribution in [0.4, 0.5) is 5.13 Å². The minimum atomic E-state index is -4.25. The number of nitrogens with one attached hydrogen (secondary N) is 1. The van der Waals surface area contributed by atoms with E-state index in [1.807, 2.05) is 74.5 Å². The molecule has 0 spiro atoms. The van der Waals surface area contributed by atoms with Gasteiger partial charge in [0.05, 0.1) is 29.3 Å². The van der Waals surface area contributed by atoms with Crippen LogP contribution in [0.25, 0.3) is 33.3 Å². The molecule has 0 unspecified atom stereocenters. The fourth-order valence-electron chi connectivity index (χ4n) is 4.82. The van der Waals surface area contributed by atoms with Crippen LogP contribution in [0.2, 0.25) is 0 Å². The predicted octanol–water partition coefficient (Wildman–Crippen LogP) is 6.04. The molecule has 0 aliphatic rings. The fourth-order valence-corrected chi connectivity index (χ4v) is 6.71. The van der Waals surface area contributed by atoms with Crippen molar-refractivity contribution in [3.05, 3.63) is 101 Å². The highest BCUT2D eigenvalue weighted by Crippen LogP contribution is 2.37. The second kappa shape index (κ2) is 10.9. The third-order valence-corrected chi connectivity index (χ3v) is 9.55. The van der Waals surface area contributed by atoms with Gasteiger partial charge >= 0.3 is 0 Å². The Labute approximate surface area is 246 Å². The number of amides is 1. The van der Waals surface area contributed by atoms with Crippen LogP contribution in [0.5, 0.6) is 5.75 Å². The zero-order valence-electron chi connectivity index (χ0n) is 22.7. The lowest BCUT2D eigenvalue weighted by atomic mass is 10.0. The molecule has 3 N–H and O–H groups in total. The summed E-state index contributed by atoms with van der Waals surface area (Å²) in [7, 11) is -4.25. The first-order valence-corrected chi connectivity index (χ1v) is 15.4. The van der Waals surface area contributed by atoms with Crippen LogP contribution in [-0.2, 0) is 16.4 Å². The van der Waals surface area contributed by atoms with Gasteiger partial charge in [0, 0.05) is 17.4 Å². The number of aryl methyl sites for hydroxylation is 2. The number of nitrogen functional groups attached to an aromatic ring is 1. The molecule has 1 amide bonds. The highest BCUT2D eigenvalue weighted by Gasteiger charge is 2.26. The zero-order chi connectivity index (χ0) is 29.4. The highest BCUT2D eigenvalue weighted by atomic mass is 32.2. The summed E-state index contributed by atoms with van der Waals surface area (Å²) in [5.41, 5.74) is 10.0. The number of anilines is 1. The fraction of sp³-hybridized carbons (Fsp3) is 0.129. The average Bonchev–Trinajstić information content (AvgIpc) is 3.58. The molecular formula is C31H26N4O5S2. The molecule has 9 nitrogen and oxygen atoms in total. The zero-order valence-corrected chi connectivity index (χ0v) is 24.4. The van der Waals surface area contributed by atoms with Crippen molar-refractivity contribution in [3.8, 4) is 17.2 Å². The van der Waals surface area contributed by atoms with Crippen molar-refractivity contribution in [1.82, 2.24) is 14.7 Å². The maximum atomic E-state index is 13.8. The molecule has 0 aliphatic carbocycles. The van der Waals surface area contributed by atoms with Crippen molar-refractivity contribution < 1.29 is 22.4 Å². The van der Waals surface area contributed by atoms with Crippen molar-refractivity contribution in [2.75, 3.05) is 12.3 Å². The van der Waals surface area contributed by atoms with Crippen LogP contribution in [0, 0.1) is 13.8 Å². The first-order chi connectivity index (χ1) is 20.2. The van der Waals surface area contributed by atoms with Crippen LogP contribution in [0.15, 0.2) is 87.6 Å². The van der Waals surface area contributed by atoms with Gasteiger partial charge in [-0.15, -0.1) is 0 Å². The number of fused-ring (bicyclic) bond motifs is 2.